The lowest BCUT2D eigenvalue weighted by Gasteiger charge is -2.45. The quantitative estimate of drug-likeness (QED) is 0.829. The zero-order valence-electron chi connectivity index (χ0n) is 12.0. The number of rotatable bonds is 2. The van der Waals surface area contributed by atoms with Crippen LogP contribution in [0.1, 0.15) is 27.2 Å². The summed E-state index contributed by atoms with van der Waals surface area (Å²) in [4.78, 5) is 26.9. The smallest absolute Gasteiger partial charge is 0.320 e. The molecule has 0 spiro atoms. The number of piperidine rings is 1. The van der Waals surface area contributed by atoms with Gasteiger partial charge in [0.1, 0.15) is 0 Å². The first-order chi connectivity index (χ1) is 8.90. The summed E-state index contributed by atoms with van der Waals surface area (Å²) in [6.45, 7) is 8.99. The maximum atomic E-state index is 12.3. The highest BCUT2D eigenvalue weighted by atomic mass is 16.4. The van der Waals surface area contributed by atoms with E-state index in [1.54, 1.807) is 11.8 Å². The van der Waals surface area contributed by atoms with Crippen LogP contribution >= 0.6 is 0 Å². The summed E-state index contributed by atoms with van der Waals surface area (Å²) in [5, 5.41) is 8.94. The molecule has 0 saturated carbocycles. The van der Waals surface area contributed by atoms with Crippen LogP contribution < -0.4 is 0 Å². The number of aliphatic carboxylic acids is 1. The van der Waals surface area contributed by atoms with Crippen molar-refractivity contribution >= 4 is 12.0 Å². The van der Waals surface area contributed by atoms with E-state index in [4.69, 9.17) is 5.11 Å². The first-order valence-corrected chi connectivity index (χ1v) is 7.16. The number of amides is 2. The fourth-order valence-electron chi connectivity index (χ4n) is 2.82. The Balaban J connectivity index is 1.82. The average molecular weight is 268 g/mol. The second-order valence-electron chi connectivity index (χ2n) is 6.26. The average Bonchev–Trinajstić information content (AvgIpc) is 2.30. The third kappa shape index (κ3) is 2.85. The van der Waals surface area contributed by atoms with E-state index in [2.05, 4.69) is 13.8 Å². The lowest BCUT2D eigenvalue weighted by Crippen LogP contribution is -2.58. The molecule has 2 aliphatic rings. The van der Waals surface area contributed by atoms with E-state index in [-0.39, 0.29) is 17.9 Å². The van der Waals surface area contributed by atoms with Gasteiger partial charge in [0.2, 0.25) is 0 Å². The third-order valence-corrected chi connectivity index (χ3v) is 4.88. The summed E-state index contributed by atoms with van der Waals surface area (Å²) >= 11 is 0. The lowest BCUT2D eigenvalue weighted by molar-refractivity contribution is -0.145. The molecule has 19 heavy (non-hydrogen) atoms. The summed E-state index contributed by atoms with van der Waals surface area (Å²) in [5.41, 5.74) is 0. The van der Waals surface area contributed by atoms with Crippen molar-refractivity contribution in [3.8, 4) is 0 Å². The Kier molecular flexibility index (Phi) is 4.02. The molecule has 0 aliphatic carbocycles. The highest BCUT2D eigenvalue weighted by molar-refractivity contribution is 5.76. The SMILES string of the molecule is CC1CCN(C(=O)N2CC(C(C)C(=O)O)C2)CC1C. The van der Waals surface area contributed by atoms with Gasteiger partial charge in [0.05, 0.1) is 5.92 Å². The molecule has 108 valence electrons. The normalized spacial score (nSPS) is 29.8. The van der Waals surface area contributed by atoms with Crippen molar-refractivity contribution in [2.45, 2.75) is 27.2 Å². The van der Waals surface area contributed by atoms with Crippen LogP contribution in [0.2, 0.25) is 0 Å². The molecular weight excluding hydrogens is 244 g/mol. The standard InChI is InChI=1S/C14H24N2O3/c1-9-4-5-15(6-10(9)2)14(19)16-7-12(8-16)11(3)13(17)18/h9-12H,4-8H2,1-3H3,(H,17,18). The molecule has 0 radical (unpaired) electrons. The van der Waals surface area contributed by atoms with E-state index in [0.717, 1.165) is 19.5 Å². The van der Waals surface area contributed by atoms with Crippen LogP contribution in [0.15, 0.2) is 0 Å². The molecule has 3 unspecified atom stereocenters. The van der Waals surface area contributed by atoms with Crippen molar-refractivity contribution in [3.05, 3.63) is 0 Å². The fraction of sp³-hybridized carbons (Fsp3) is 0.857. The van der Waals surface area contributed by atoms with Gasteiger partial charge < -0.3 is 14.9 Å². The molecule has 3 atom stereocenters. The summed E-state index contributed by atoms with van der Waals surface area (Å²) in [6.07, 6.45) is 1.07. The number of urea groups is 1. The van der Waals surface area contributed by atoms with Gasteiger partial charge in [0.25, 0.3) is 0 Å². The van der Waals surface area contributed by atoms with Gasteiger partial charge in [-0.15, -0.1) is 0 Å². The van der Waals surface area contributed by atoms with Gasteiger partial charge in [-0.3, -0.25) is 4.79 Å². The van der Waals surface area contributed by atoms with Gasteiger partial charge in [0.15, 0.2) is 0 Å². The Hall–Kier alpha value is -1.26. The molecular formula is C14H24N2O3. The summed E-state index contributed by atoms with van der Waals surface area (Å²) in [5.74, 6) is 0.220. The monoisotopic (exact) mass is 268 g/mol. The van der Waals surface area contributed by atoms with Crippen LogP contribution in [0.4, 0.5) is 4.79 Å². The van der Waals surface area contributed by atoms with E-state index >= 15 is 0 Å². The van der Waals surface area contributed by atoms with Gasteiger partial charge in [-0.2, -0.15) is 0 Å². The van der Waals surface area contributed by atoms with Crippen molar-refractivity contribution < 1.29 is 14.7 Å². The molecule has 0 aromatic carbocycles. The molecule has 2 amide bonds. The molecule has 1 N–H and O–H groups in total. The van der Waals surface area contributed by atoms with Gasteiger partial charge >= 0.3 is 12.0 Å². The number of hydrogen-bond donors (Lipinski definition) is 1. The molecule has 2 saturated heterocycles. The summed E-state index contributed by atoms with van der Waals surface area (Å²) < 4.78 is 0. The largest absolute Gasteiger partial charge is 0.481 e. The van der Waals surface area contributed by atoms with E-state index in [1.807, 2.05) is 4.90 Å². The van der Waals surface area contributed by atoms with Crippen LogP contribution in [0.5, 0.6) is 0 Å². The minimum atomic E-state index is -0.766. The predicted molar refractivity (Wildman–Crippen MR) is 71.8 cm³/mol. The molecule has 0 bridgehead atoms. The Bertz CT molecular complexity index is 366. The molecule has 2 aliphatic heterocycles. The molecule has 2 fully saturated rings. The van der Waals surface area contributed by atoms with Crippen molar-refractivity contribution in [1.82, 2.24) is 9.80 Å². The Morgan fingerprint density at radius 2 is 1.74 bits per heavy atom. The predicted octanol–water partition coefficient (Wildman–Crippen LogP) is 1.74. The number of carboxylic acid groups (broad SMARTS) is 1. The number of carbonyl (C=O) groups excluding carboxylic acids is 1. The summed E-state index contributed by atoms with van der Waals surface area (Å²) in [6, 6.07) is 0.0904. The van der Waals surface area contributed by atoms with Gasteiger partial charge in [0, 0.05) is 32.1 Å². The maximum absolute atomic E-state index is 12.3. The Morgan fingerprint density at radius 1 is 1.11 bits per heavy atom. The second kappa shape index (κ2) is 5.39. The highest BCUT2D eigenvalue weighted by Gasteiger charge is 2.39. The molecule has 2 rings (SSSR count). The zero-order valence-corrected chi connectivity index (χ0v) is 12.0. The van der Waals surface area contributed by atoms with Crippen molar-refractivity contribution in [3.63, 3.8) is 0 Å². The minimum Gasteiger partial charge on any atom is -0.481 e. The minimum absolute atomic E-state index is 0.0904. The summed E-state index contributed by atoms with van der Waals surface area (Å²) in [7, 11) is 0. The van der Waals surface area contributed by atoms with Gasteiger partial charge in [-0.25, -0.2) is 4.79 Å². The lowest BCUT2D eigenvalue weighted by atomic mass is 9.86. The number of carboxylic acids is 1. The zero-order chi connectivity index (χ0) is 14.2. The maximum Gasteiger partial charge on any atom is 0.320 e. The molecule has 5 nitrogen and oxygen atoms in total. The number of likely N-dealkylation sites (tertiary alicyclic amines) is 2. The van der Waals surface area contributed by atoms with Crippen LogP contribution in [-0.2, 0) is 4.79 Å². The van der Waals surface area contributed by atoms with Crippen LogP contribution in [0.25, 0.3) is 0 Å². The van der Waals surface area contributed by atoms with Crippen molar-refractivity contribution in [2.75, 3.05) is 26.2 Å². The third-order valence-electron chi connectivity index (χ3n) is 4.88. The van der Waals surface area contributed by atoms with E-state index in [9.17, 15) is 9.59 Å². The highest BCUT2D eigenvalue weighted by Crippen LogP contribution is 2.28. The Morgan fingerprint density at radius 3 is 2.26 bits per heavy atom. The van der Waals surface area contributed by atoms with Crippen LogP contribution in [-0.4, -0.2) is 53.1 Å². The van der Waals surface area contributed by atoms with Gasteiger partial charge in [-0.1, -0.05) is 20.8 Å². The number of nitrogens with zero attached hydrogens (tertiary/aromatic N) is 2. The van der Waals surface area contributed by atoms with Crippen LogP contribution in [0.3, 0.4) is 0 Å². The second-order valence-corrected chi connectivity index (χ2v) is 6.26. The van der Waals surface area contributed by atoms with Crippen molar-refractivity contribution in [1.29, 1.82) is 0 Å². The van der Waals surface area contributed by atoms with Crippen LogP contribution in [0, 0.1) is 23.7 Å². The molecule has 0 aromatic rings. The number of carbonyl (C=O) groups is 2. The molecule has 2 heterocycles. The Labute approximate surface area is 114 Å². The molecule has 0 aromatic heterocycles. The van der Waals surface area contributed by atoms with E-state index < -0.39 is 5.97 Å². The van der Waals surface area contributed by atoms with Gasteiger partial charge in [-0.05, 0) is 18.3 Å². The first kappa shape index (κ1) is 14.2. The van der Waals surface area contributed by atoms with Crippen molar-refractivity contribution in [2.24, 2.45) is 23.7 Å². The molecule has 5 heteroatoms. The number of hydrogen-bond acceptors (Lipinski definition) is 2. The topological polar surface area (TPSA) is 60.9 Å². The van der Waals surface area contributed by atoms with E-state index in [0.29, 0.717) is 24.9 Å². The fourth-order valence-corrected chi connectivity index (χ4v) is 2.82. The van der Waals surface area contributed by atoms with E-state index in [1.165, 1.54) is 0 Å². The first-order valence-electron chi connectivity index (χ1n) is 7.16.